The Morgan fingerprint density at radius 2 is 2.05 bits per heavy atom. The van der Waals surface area contributed by atoms with Gasteiger partial charge in [0.25, 0.3) is 0 Å². The topological polar surface area (TPSA) is 49.3 Å². The van der Waals surface area contributed by atoms with Crippen LogP contribution in [0.2, 0.25) is 10.0 Å². The van der Waals surface area contributed by atoms with Crippen LogP contribution in [0.25, 0.3) is 6.08 Å². The number of hydrogen-bond donors (Lipinski definition) is 2. The van der Waals surface area contributed by atoms with E-state index in [0.717, 1.165) is 19.3 Å². The van der Waals surface area contributed by atoms with Gasteiger partial charge in [-0.3, -0.25) is 4.79 Å². The highest BCUT2D eigenvalue weighted by atomic mass is 35.5. The number of carbonyl (C=O) groups excluding carboxylic acids is 1. The molecule has 2 rings (SSSR count). The van der Waals surface area contributed by atoms with Gasteiger partial charge >= 0.3 is 0 Å². The van der Waals surface area contributed by atoms with Gasteiger partial charge in [-0.05, 0) is 43.4 Å². The van der Waals surface area contributed by atoms with Crippen LogP contribution in [0.3, 0.4) is 0 Å². The summed E-state index contributed by atoms with van der Waals surface area (Å²) in [6, 6.07) is 5.21. The van der Waals surface area contributed by atoms with Crippen molar-refractivity contribution < 1.29 is 9.90 Å². The SMILES string of the molecule is O=C(/C=C/c1c(Cl)cccc1Cl)NCC1CCC(O)C1. The molecule has 0 heterocycles. The fourth-order valence-electron chi connectivity index (χ4n) is 2.37. The number of rotatable bonds is 4. The summed E-state index contributed by atoms with van der Waals surface area (Å²) in [5, 5.41) is 13.3. The molecule has 2 atom stereocenters. The summed E-state index contributed by atoms with van der Waals surface area (Å²) in [4.78, 5) is 11.7. The first-order valence-electron chi connectivity index (χ1n) is 6.64. The Kier molecular flexibility index (Phi) is 5.46. The Balaban J connectivity index is 1.86. The average molecular weight is 314 g/mol. The second-order valence-corrected chi connectivity index (χ2v) is 5.86. The normalized spacial score (nSPS) is 22.4. The molecule has 1 aromatic rings. The van der Waals surface area contributed by atoms with Gasteiger partial charge in [0.1, 0.15) is 0 Å². The lowest BCUT2D eigenvalue weighted by atomic mass is 10.1. The molecule has 0 saturated heterocycles. The molecule has 1 aliphatic carbocycles. The minimum absolute atomic E-state index is 0.178. The fraction of sp³-hybridized carbons (Fsp3) is 0.400. The van der Waals surface area contributed by atoms with Gasteiger partial charge in [-0.25, -0.2) is 0 Å². The van der Waals surface area contributed by atoms with E-state index in [-0.39, 0.29) is 12.0 Å². The monoisotopic (exact) mass is 313 g/mol. The minimum Gasteiger partial charge on any atom is -0.393 e. The molecule has 108 valence electrons. The molecule has 0 aliphatic heterocycles. The molecule has 2 N–H and O–H groups in total. The summed E-state index contributed by atoms with van der Waals surface area (Å²) in [5.41, 5.74) is 0.641. The second kappa shape index (κ2) is 7.11. The van der Waals surface area contributed by atoms with Crippen LogP contribution in [0.15, 0.2) is 24.3 Å². The van der Waals surface area contributed by atoms with Gasteiger partial charge in [-0.15, -0.1) is 0 Å². The molecule has 0 aromatic heterocycles. The maximum Gasteiger partial charge on any atom is 0.244 e. The summed E-state index contributed by atoms with van der Waals surface area (Å²) in [6.45, 7) is 0.594. The zero-order chi connectivity index (χ0) is 14.5. The van der Waals surface area contributed by atoms with Crippen molar-refractivity contribution in [3.8, 4) is 0 Å². The molecule has 2 unspecified atom stereocenters. The summed E-state index contributed by atoms with van der Waals surface area (Å²) in [5.74, 6) is 0.189. The van der Waals surface area contributed by atoms with Crippen LogP contribution in [0.5, 0.6) is 0 Å². The van der Waals surface area contributed by atoms with E-state index >= 15 is 0 Å². The number of nitrogens with one attached hydrogen (secondary N) is 1. The third-order valence-electron chi connectivity index (χ3n) is 3.48. The van der Waals surface area contributed by atoms with Crippen LogP contribution >= 0.6 is 23.2 Å². The van der Waals surface area contributed by atoms with Gasteiger partial charge in [0.15, 0.2) is 0 Å². The molecule has 1 fully saturated rings. The first-order valence-corrected chi connectivity index (χ1v) is 7.40. The van der Waals surface area contributed by atoms with E-state index in [1.165, 1.54) is 6.08 Å². The number of aliphatic hydroxyl groups excluding tert-OH is 1. The lowest BCUT2D eigenvalue weighted by Gasteiger charge is -2.09. The molecule has 1 aliphatic rings. The average Bonchev–Trinajstić information content (AvgIpc) is 2.82. The summed E-state index contributed by atoms with van der Waals surface area (Å²) in [7, 11) is 0. The molecule has 1 aromatic carbocycles. The highest BCUT2D eigenvalue weighted by Gasteiger charge is 2.22. The third-order valence-corrected chi connectivity index (χ3v) is 4.14. The molecular weight excluding hydrogens is 297 g/mol. The van der Waals surface area contributed by atoms with Crippen LogP contribution < -0.4 is 5.32 Å². The summed E-state index contributed by atoms with van der Waals surface area (Å²) < 4.78 is 0. The van der Waals surface area contributed by atoms with E-state index in [9.17, 15) is 9.90 Å². The lowest BCUT2D eigenvalue weighted by molar-refractivity contribution is -0.116. The van der Waals surface area contributed by atoms with Gasteiger partial charge in [-0.1, -0.05) is 29.3 Å². The number of benzene rings is 1. The Morgan fingerprint density at radius 3 is 2.65 bits per heavy atom. The zero-order valence-corrected chi connectivity index (χ0v) is 12.5. The van der Waals surface area contributed by atoms with Crippen LogP contribution in [-0.2, 0) is 4.79 Å². The summed E-state index contributed by atoms with van der Waals surface area (Å²) >= 11 is 12.0. The lowest BCUT2D eigenvalue weighted by Crippen LogP contribution is -2.26. The number of amides is 1. The number of hydrogen-bond acceptors (Lipinski definition) is 2. The van der Waals surface area contributed by atoms with Crippen molar-refractivity contribution >= 4 is 35.2 Å². The first kappa shape index (κ1) is 15.4. The molecule has 3 nitrogen and oxygen atoms in total. The van der Waals surface area contributed by atoms with E-state index in [1.807, 2.05) is 0 Å². The van der Waals surface area contributed by atoms with Crippen LogP contribution in [0.1, 0.15) is 24.8 Å². The Bertz CT molecular complexity index is 496. The molecule has 0 spiro atoms. The van der Waals surface area contributed by atoms with E-state index < -0.39 is 0 Å². The Hall–Kier alpha value is -1.03. The molecule has 5 heteroatoms. The minimum atomic E-state index is -0.214. The van der Waals surface area contributed by atoms with Crippen molar-refractivity contribution in [2.75, 3.05) is 6.54 Å². The molecule has 0 radical (unpaired) electrons. The summed E-state index contributed by atoms with van der Waals surface area (Å²) in [6.07, 6.45) is 5.38. The highest BCUT2D eigenvalue weighted by molar-refractivity contribution is 6.37. The van der Waals surface area contributed by atoms with Crippen molar-refractivity contribution in [2.45, 2.75) is 25.4 Å². The van der Waals surface area contributed by atoms with E-state index in [4.69, 9.17) is 23.2 Å². The number of carbonyl (C=O) groups is 1. The van der Waals surface area contributed by atoms with Crippen molar-refractivity contribution in [1.29, 1.82) is 0 Å². The van der Waals surface area contributed by atoms with Crippen LogP contribution in [-0.4, -0.2) is 23.7 Å². The molecule has 0 bridgehead atoms. The standard InChI is InChI=1S/C15H17Cl2NO2/c16-13-2-1-3-14(17)12(13)6-7-15(20)18-9-10-4-5-11(19)8-10/h1-3,6-7,10-11,19H,4-5,8-9H2,(H,18,20)/b7-6+. The van der Waals surface area contributed by atoms with Gasteiger partial charge in [-0.2, -0.15) is 0 Å². The largest absolute Gasteiger partial charge is 0.393 e. The third kappa shape index (κ3) is 4.23. The molecule has 20 heavy (non-hydrogen) atoms. The fourth-order valence-corrected chi connectivity index (χ4v) is 2.89. The van der Waals surface area contributed by atoms with Crippen molar-refractivity contribution in [2.24, 2.45) is 5.92 Å². The molecule has 1 amide bonds. The van der Waals surface area contributed by atoms with Crippen molar-refractivity contribution in [3.63, 3.8) is 0 Å². The second-order valence-electron chi connectivity index (χ2n) is 5.05. The Labute approximate surface area is 128 Å². The van der Waals surface area contributed by atoms with Crippen LogP contribution in [0, 0.1) is 5.92 Å². The first-order chi connectivity index (χ1) is 9.56. The van der Waals surface area contributed by atoms with Crippen molar-refractivity contribution in [3.05, 3.63) is 39.9 Å². The van der Waals surface area contributed by atoms with Gasteiger partial charge in [0.05, 0.1) is 6.10 Å². The Morgan fingerprint density at radius 1 is 1.35 bits per heavy atom. The quantitative estimate of drug-likeness (QED) is 0.838. The maximum absolute atomic E-state index is 11.7. The smallest absolute Gasteiger partial charge is 0.244 e. The highest BCUT2D eigenvalue weighted by Crippen LogP contribution is 2.26. The van der Waals surface area contributed by atoms with E-state index in [0.29, 0.717) is 28.1 Å². The molecular formula is C15H17Cl2NO2. The van der Waals surface area contributed by atoms with E-state index in [2.05, 4.69) is 5.32 Å². The number of halogens is 2. The predicted octanol–water partition coefficient (Wildman–Crippen LogP) is 3.28. The van der Waals surface area contributed by atoms with Crippen LogP contribution in [0.4, 0.5) is 0 Å². The van der Waals surface area contributed by atoms with E-state index in [1.54, 1.807) is 24.3 Å². The maximum atomic E-state index is 11.7. The number of aliphatic hydroxyl groups is 1. The van der Waals surface area contributed by atoms with Gasteiger partial charge < -0.3 is 10.4 Å². The zero-order valence-electron chi connectivity index (χ0n) is 11.0. The van der Waals surface area contributed by atoms with Crippen molar-refractivity contribution in [1.82, 2.24) is 5.32 Å². The molecule has 1 saturated carbocycles. The van der Waals surface area contributed by atoms with Gasteiger partial charge in [0.2, 0.25) is 5.91 Å². The predicted molar refractivity (Wildman–Crippen MR) is 81.9 cm³/mol. The van der Waals surface area contributed by atoms with Gasteiger partial charge in [0, 0.05) is 28.2 Å².